The molecule has 0 saturated carbocycles. The molecule has 0 radical (unpaired) electrons. The van der Waals surface area contributed by atoms with E-state index in [9.17, 15) is 14.4 Å². The number of furan rings is 1. The van der Waals surface area contributed by atoms with E-state index in [0.717, 1.165) is 4.47 Å². The van der Waals surface area contributed by atoms with Crippen molar-refractivity contribution in [2.75, 3.05) is 13.1 Å². The second kappa shape index (κ2) is 8.39. The molecule has 0 aliphatic carbocycles. The minimum atomic E-state index is -0.419. The van der Waals surface area contributed by atoms with E-state index in [2.05, 4.69) is 26.8 Å². The van der Waals surface area contributed by atoms with Gasteiger partial charge in [-0.3, -0.25) is 25.2 Å². The van der Waals surface area contributed by atoms with E-state index < -0.39 is 5.91 Å². The Morgan fingerprint density at radius 3 is 2.33 bits per heavy atom. The molecule has 1 aliphatic heterocycles. The highest BCUT2D eigenvalue weighted by Crippen LogP contribution is 2.20. The molecule has 1 fully saturated rings. The van der Waals surface area contributed by atoms with Gasteiger partial charge >= 0.3 is 0 Å². The number of nitrogens with one attached hydrogen (secondary N) is 2. The molecular weight excluding hydrogens is 414 g/mol. The topological polar surface area (TPSA) is 91.7 Å². The average Bonchev–Trinajstić information content (AvgIpc) is 3.12. The molecule has 7 nitrogen and oxygen atoms in total. The van der Waals surface area contributed by atoms with Crippen molar-refractivity contribution in [3.63, 3.8) is 0 Å². The standard InChI is InChI=1S/C19H20BrN3O4/c1-12-16(8-11-27-12)18(25)22-21-17(24)13-6-9-23(10-7-13)19(26)14-2-4-15(20)5-3-14/h2-5,8,11,13H,6-7,9-10H2,1H3,(H,21,24)(H,22,25). The predicted molar refractivity (Wildman–Crippen MR) is 102 cm³/mol. The van der Waals surface area contributed by atoms with Gasteiger partial charge in [-0.1, -0.05) is 15.9 Å². The van der Waals surface area contributed by atoms with E-state index in [1.54, 1.807) is 30.0 Å². The van der Waals surface area contributed by atoms with Crippen LogP contribution in [0.25, 0.3) is 0 Å². The summed E-state index contributed by atoms with van der Waals surface area (Å²) in [5, 5.41) is 0. The SMILES string of the molecule is Cc1occc1C(=O)NNC(=O)C1CCN(C(=O)c2ccc(Br)cc2)CC1. The monoisotopic (exact) mass is 433 g/mol. The zero-order valence-corrected chi connectivity index (χ0v) is 16.4. The van der Waals surface area contributed by atoms with Crippen molar-refractivity contribution in [1.29, 1.82) is 0 Å². The Bertz CT molecular complexity index is 839. The lowest BCUT2D eigenvalue weighted by atomic mass is 9.95. The Labute approximate surface area is 165 Å². The van der Waals surface area contributed by atoms with Crippen LogP contribution in [0.1, 0.15) is 39.3 Å². The summed E-state index contributed by atoms with van der Waals surface area (Å²) in [4.78, 5) is 38.5. The molecule has 0 spiro atoms. The normalized spacial score (nSPS) is 14.7. The van der Waals surface area contributed by atoms with Gasteiger partial charge < -0.3 is 9.32 Å². The Morgan fingerprint density at radius 2 is 1.74 bits per heavy atom. The number of amides is 3. The zero-order chi connectivity index (χ0) is 19.4. The van der Waals surface area contributed by atoms with E-state index in [1.165, 1.54) is 6.26 Å². The number of piperidine rings is 1. The van der Waals surface area contributed by atoms with E-state index in [0.29, 0.717) is 42.8 Å². The molecule has 27 heavy (non-hydrogen) atoms. The van der Waals surface area contributed by atoms with Crippen LogP contribution in [0.3, 0.4) is 0 Å². The quantitative estimate of drug-likeness (QED) is 0.727. The lowest BCUT2D eigenvalue weighted by Crippen LogP contribution is -2.48. The number of benzene rings is 1. The van der Waals surface area contributed by atoms with Crippen LogP contribution in [-0.4, -0.2) is 35.7 Å². The smallest absolute Gasteiger partial charge is 0.273 e. The Hall–Kier alpha value is -2.61. The molecule has 3 amide bonds. The van der Waals surface area contributed by atoms with Crippen molar-refractivity contribution >= 4 is 33.7 Å². The summed E-state index contributed by atoms with van der Waals surface area (Å²) < 4.78 is 5.99. The van der Waals surface area contributed by atoms with Gasteiger partial charge in [-0.05, 0) is 50.1 Å². The fourth-order valence-corrected chi connectivity index (χ4v) is 3.29. The Kier molecular flexibility index (Phi) is 5.95. The van der Waals surface area contributed by atoms with Crippen molar-refractivity contribution in [2.45, 2.75) is 19.8 Å². The van der Waals surface area contributed by atoms with Crippen LogP contribution in [0.15, 0.2) is 45.5 Å². The van der Waals surface area contributed by atoms with Crippen LogP contribution in [0, 0.1) is 12.8 Å². The lowest BCUT2D eigenvalue weighted by Gasteiger charge is -2.31. The summed E-state index contributed by atoms with van der Waals surface area (Å²) in [6.07, 6.45) is 2.52. The number of likely N-dealkylation sites (tertiary alicyclic amines) is 1. The molecule has 0 bridgehead atoms. The van der Waals surface area contributed by atoms with Crippen LogP contribution in [0.2, 0.25) is 0 Å². The highest BCUT2D eigenvalue weighted by Gasteiger charge is 2.28. The summed E-state index contributed by atoms with van der Waals surface area (Å²) in [7, 11) is 0. The molecule has 1 saturated heterocycles. The number of carbonyl (C=O) groups excluding carboxylic acids is 3. The molecule has 0 unspecified atom stereocenters. The lowest BCUT2D eigenvalue weighted by molar-refractivity contribution is -0.127. The molecular formula is C19H20BrN3O4. The third kappa shape index (κ3) is 4.57. The molecule has 3 rings (SSSR count). The first kappa shape index (κ1) is 19.2. The van der Waals surface area contributed by atoms with Crippen molar-refractivity contribution in [3.05, 3.63) is 58.0 Å². The van der Waals surface area contributed by atoms with E-state index >= 15 is 0 Å². The van der Waals surface area contributed by atoms with E-state index in [-0.39, 0.29) is 17.7 Å². The summed E-state index contributed by atoms with van der Waals surface area (Å²) in [5.41, 5.74) is 5.87. The number of carbonyl (C=O) groups is 3. The van der Waals surface area contributed by atoms with Crippen molar-refractivity contribution in [2.24, 2.45) is 5.92 Å². The molecule has 142 valence electrons. The second-order valence-corrected chi connectivity index (χ2v) is 7.32. The first-order chi connectivity index (χ1) is 13.0. The van der Waals surface area contributed by atoms with Crippen LogP contribution >= 0.6 is 15.9 Å². The molecule has 0 atom stereocenters. The summed E-state index contributed by atoms with van der Waals surface area (Å²) in [5.74, 6) is -0.464. The molecule has 1 aromatic heterocycles. The third-order valence-electron chi connectivity index (χ3n) is 4.65. The number of halogens is 1. The molecule has 1 aliphatic rings. The molecule has 2 aromatic rings. The van der Waals surface area contributed by atoms with E-state index in [1.807, 2.05) is 12.1 Å². The number of hydrogen-bond donors (Lipinski definition) is 2. The number of nitrogens with zero attached hydrogens (tertiary/aromatic N) is 1. The number of hydrogen-bond acceptors (Lipinski definition) is 4. The van der Waals surface area contributed by atoms with Gasteiger partial charge in [-0.25, -0.2) is 0 Å². The molecule has 8 heteroatoms. The maximum absolute atomic E-state index is 12.5. The van der Waals surface area contributed by atoms with Crippen molar-refractivity contribution in [1.82, 2.24) is 15.8 Å². The van der Waals surface area contributed by atoms with Gasteiger partial charge in [0.25, 0.3) is 11.8 Å². The maximum Gasteiger partial charge on any atom is 0.273 e. The summed E-state index contributed by atoms with van der Waals surface area (Å²) in [6.45, 7) is 2.68. The third-order valence-corrected chi connectivity index (χ3v) is 5.18. The van der Waals surface area contributed by atoms with Gasteiger partial charge in [0, 0.05) is 29.0 Å². The van der Waals surface area contributed by atoms with Crippen LogP contribution in [0.4, 0.5) is 0 Å². The van der Waals surface area contributed by atoms with Gasteiger partial charge in [0.15, 0.2) is 0 Å². The van der Waals surface area contributed by atoms with Gasteiger partial charge in [0.2, 0.25) is 5.91 Å². The van der Waals surface area contributed by atoms with Gasteiger partial charge in [-0.15, -0.1) is 0 Å². The van der Waals surface area contributed by atoms with Crippen LogP contribution in [0.5, 0.6) is 0 Å². The average molecular weight is 434 g/mol. The number of rotatable bonds is 3. The molecule has 1 aromatic carbocycles. The highest BCUT2D eigenvalue weighted by molar-refractivity contribution is 9.10. The summed E-state index contributed by atoms with van der Waals surface area (Å²) in [6, 6.07) is 8.76. The van der Waals surface area contributed by atoms with Crippen molar-refractivity contribution in [3.8, 4) is 0 Å². The minimum Gasteiger partial charge on any atom is -0.469 e. The van der Waals surface area contributed by atoms with E-state index in [4.69, 9.17) is 4.42 Å². The van der Waals surface area contributed by atoms with Crippen LogP contribution < -0.4 is 10.9 Å². The van der Waals surface area contributed by atoms with Gasteiger partial charge in [-0.2, -0.15) is 0 Å². The fourth-order valence-electron chi connectivity index (χ4n) is 3.03. The first-order valence-corrected chi connectivity index (χ1v) is 9.44. The zero-order valence-electron chi connectivity index (χ0n) is 14.8. The Balaban J connectivity index is 1.47. The number of aryl methyl sites for hydroxylation is 1. The largest absolute Gasteiger partial charge is 0.469 e. The molecule has 2 heterocycles. The second-order valence-electron chi connectivity index (χ2n) is 6.41. The van der Waals surface area contributed by atoms with Crippen LogP contribution in [-0.2, 0) is 4.79 Å². The Morgan fingerprint density at radius 1 is 1.07 bits per heavy atom. The maximum atomic E-state index is 12.5. The molecule has 2 N–H and O–H groups in total. The summed E-state index contributed by atoms with van der Waals surface area (Å²) >= 11 is 3.35. The van der Waals surface area contributed by atoms with Gasteiger partial charge in [0.1, 0.15) is 5.76 Å². The number of hydrazine groups is 1. The van der Waals surface area contributed by atoms with Crippen molar-refractivity contribution < 1.29 is 18.8 Å². The fraction of sp³-hybridized carbons (Fsp3) is 0.316. The van der Waals surface area contributed by atoms with Gasteiger partial charge in [0.05, 0.1) is 11.8 Å². The minimum absolute atomic E-state index is 0.0370. The highest BCUT2D eigenvalue weighted by atomic mass is 79.9. The predicted octanol–water partition coefficient (Wildman–Crippen LogP) is 2.66. The first-order valence-electron chi connectivity index (χ1n) is 8.65.